The molecule has 1 aliphatic rings. The first-order chi connectivity index (χ1) is 11.2. The van der Waals surface area contributed by atoms with E-state index in [-0.39, 0.29) is 13.3 Å². The van der Waals surface area contributed by atoms with E-state index < -0.39 is 0 Å². The van der Waals surface area contributed by atoms with Gasteiger partial charge >= 0.3 is 0 Å². The van der Waals surface area contributed by atoms with Crippen molar-refractivity contribution >= 4 is 28.4 Å². The lowest BCUT2D eigenvalue weighted by Crippen LogP contribution is -2.24. The van der Waals surface area contributed by atoms with Gasteiger partial charge in [0, 0.05) is 29.1 Å². The highest BCUT2D eigenvalue weighted by atomic mass is 35.5. The number of hydrogen-bond acceptors (Lipinski definition) is 2. The summed E-state index contributed by atoms with van der Waals surface area (Å²) in [5.74, 6) is 0.835. The van der Waals surface area contributed by atoms with Crippen LogP contribution in [0.5, 0.6) is 5.75 Å². The number of ether oxygens (including phenoxy) is 1. The van der Waals surface area contributed by atoms with Crippen LogP contribution in [0.15, 0.2) is 12.1 Å². The Kier molecular flexibility index (Phi) is 8.13. The number of rotatable bonds is 4. The minimum atomic E-state index is 0. The third kappa shape index (κ3) is 4.44. The van der Waals surface area contributed by atoms with Gasteiger partial charge in [-0.15, -0.1) is 0 Å². The van der Waals surface area contributed by atoms with E-state index in [1.54, 1.807) is 0 Å². The van der Waals surface area contributed by atoms with E-state index in [2.05, 4.69) is 17.2 Å². The van der Waals surface area contributed by atoms with E-state index in [9.17, 15) is 4.79 Å². The Morgan fingerprint density at radius 2 is 2.04 bits per heavy atom. The van der Waals surface area contributed by atoms with Gasteiger partial charge in [0.2, 0.25) is 5.91 Å². The predicted molar refractivity (Wildman–Crippen MR) is 102 cm³/mol. The van der Waals surface area contributed by atoms with E-state index in [0.717, 1.165) is 47.2 Å². The molecule has 0 fully saturated rings. The molecule has 0 bridgehead atoms. The predicted octanol–water partition coefficient (Wildman–Crippen LogP) is 4.88. The molecule has 1 amide bonds. The number of nitrogens with one attached hydrogen (secondary N) is 2. The smallest absolute Gasteiger partial charge is 0.224 e. The standard InChI is InChI=1S/C16H19ClN2O2.C2H6.CH4/c1-2-3-6-21-14-8-10(17)7-13-16(14)11-9-15(20)18-5-4-12(11)19-13;1-2;/h7-8,19H,2-6,9H2,1H3,(H,18,20);1-2H3;1H4. The molecule has 24 heavy (non-hydrogen) atoms. The summed E-state index contributed by atoms with van der Waals surface area (Å²) in [5, 5.41) is 4.55. The topological polar surface area (TPSA) is 54.1 Å². The number of H-pyrrole nitrogens is 1. The molecule has 1 aromatic carbocycles. The van der Waals surface area contributed by atoms with Crippen molar-refractivity contribution in [2.45, 2.75) is 53.9 Å². The van der Waals surface area contributed by atoms with Crippen LogP contribution < -0.4 is 10.1 Å². The summed E-state index contributed by atoms with van der Waals surface area (Å²) in [4.78, 5) is 15.2. The first kappa shape index (κ1) is 20.4. The van der Waals surface area contributed by atoms with Crippen LogP contribution in [-0.4, -0.2) is 24.0 Å². The van der Waals surface area contributed by atoms with Crippen LogP contribution in [0.3, 0.4) is 0 Å². The molecular weight excluding hydrogens is 324 g/mol. The first-order valence-corrected chi connectivity index (χ1v) is 8.79. The third-order valence-corrected chi connectivity index (χ3v) is 4.03. The Morgan fingerprint density at radius 3 is 2.75 bits per heavy atom. The highest BCUT2D eigenvalue weighted by Crippen LogP contribution is 2.35. The summed E-state index contributed by atoms with van der Waals surface area (Å²) >= 11 is 6.18. The highest BCUT2D eigenvalue weighted by molar-refractivity contribution is 6.31. The van der Waals surface area contributed by atoms with Gasteiger partial charge < -0.3 is 15.0 Å². The lowest BCUT2D eigenvalue weighted by molar-refractivity contribution is -0.120. The molecule has 2 aromatic rings. The Hall–Kier alpha value is -1.68. The van der Waals surface area contributed by atoms with Crippen LogP contribution in [0, 0.1) is 0 Å². The van der Waals surface area contributed by atoms with E-state index in [1.807, 2.05) is 26.0 Å². The molecule has 0 aliphatic carbocycles. The van der Waals surface area contributed by atoms with Crippen molar-refractivity contribution in [2.24, 2.45) is 0 Å². The zero-order chi connectivity index (χ0) is 16.8. The van der Waals surface area contributed by atoms with Crippen molar-refractivity contribution < 1.29 is 9.53 Å². The molecule has 1 aromatic heterocycles. The largest absolute Gasteiger partial charge is 0.493 e. The van der Waals surface area contributed by atoms with Crippen molar-refractivity contribution in [2.75, 3.05) is 13.2 Å². The van der Waals surface area contributed by atoms with Crippen LogP contribution >= 0.6 is 11.6 Å². The summed E-state index contributed by atoms with van der Waals surface area (Å²) in [7, 11) is 0. The molecule has 3 rings (SSSR count). The summed E-state index contributed by atoms with van der Waals surface area (Å²) in [6, 6.07) is 3.74. The molecule has 2 N–H and O–H groups in total. The van der Waals surface area contributed by atoms with Crippen LogP contribution in [0.4, 0.5) is 0 Å². The summed E-state index contributed by atoms with van der Waals surface area (Å²) in [5.41, 5.74) is 3.10. The maximum absolute atomic E-state index is 11.8. The third-order valence-electron chi connectivity index (χ3n) is 3.81. The second kappa shape index (κ2) is 9.58. The fraction of sp³-hybridized carbons (Fsp3) is 0.526. The summed E-state index contributed by atoms with van der Waals surface area (Å²) in [6.07, 6.45) is 3.28. The number of aromatic amines is 1. The number of carbonyl (C=O) groups excluding carboxylic acids is 1. The maximum Gasteiger partial charge on any atom is 0.224 e. The average Bonchev–Trinajstić information content (AvgIpc) is 2.76. The molecule has 0 radical (unpaired) electrons. The first-order valence-electron chi connectivity index (χ1n) is 8.41. The number of hydrogen-bond donors (Lipinski definition) is 2. The zero-order valence-corrected chi connectivity index (χ0v) is 14.8. The molecule has 0 unspecified atom stereocenters. The van der Waals surface area contributed by atoms with Crippen LogP contribution in [0.25, 0.3) is 10.9 Å². The van der Waals surface area contributed by atoms with Gasteiger partial charge in [0.05, 0.1) is 18.5 Å². The maximum atomic E-state index is 11.8. The number of benzene rings is 1. The minimum absolute atomic E-state index is 0. The quantitative estimate of drug-likeness (QED) is 0.770. The molecule has 0 saturated carbocycles. The molecule has 0 saturated heterocycles. The van der Waals surface area contributed by atoms with E-state index in [0.29, 0.717) is 24.6 Å². The molecule has 0 atom stereocenters. The van der Waals surface area contributed by atoms with Gasteiger partial charge in [-0.3, -0.25) is 4.79 Å². The summed E-state index contributed by atoms with van der Waals surface area (Å²) < 4.78 is 5.90. The van der Waals surface area contributed by atoms with Gasteiger partial charge in [-0.1, -0.05) is 46.2 Å². The van der Waals surface area contributed by atoms with Gasteiger partial charge in [0.15, 0.2) is 0 Å². The van der Waals surface area contributed by atoms with Crippen molar-refractivity contribution in [1.82, 2.24) is 10.3 Å². The number of fused-ring (bicyclic) bond motifs is 3. The Morgan fingerprint density at radius 1 is 1.29 bits per heavy atom. The van der Waals surface area contributed by atoms with E-state index >= 15 is 0 Å². The number of amides is 1. The van der Waals surface area contributed by atoms with Crippen molar-refractivity contribution in [3.63, 3.8) is 0 Å². The monoisotopic (exact) mass is 352 g/mol. The molecule has 5 heteroatoms. The second-order valence-electron chi connectivity index (χ2n) is 5.39. The molecule has 0 spiro atoms. The number of carbonyl (C=O) groups is 1. The van der Waals surface area contributed by atoms with Crippen molar-refractivity contribution in [1.29, 1.82) is 0 Å². The molecule has 2 heterocycles. The molecular formula is C19H29ClN2O2. The van der Waals surface area contributed by atoms with Crippen molar-refractivity contribution in [3.05, 3.63) is 28.4 Å². The highest BCUT2D eigenvalue weighted by Gasteiger charge is 2.21. The van der Waals surface area contributed by atoms with Gasteiger partial charge in [-0.25, -0.2) is 0 Å². The van der Waals surface area contributed by atoms with Gasteiger partial charge in [-0.2, -0.15) is 0 Å². The second-order valence-corrected chi connectivity index (χ2v) is 5.82. The van der Waals surface area contributed by atoms with Gasteiger partial charge in [0.25, 0.3) is 0 Å². The van der Waals surface area contributed by atoms with Gasteiger partial charge in [0.1, 0.15) is 5.75 Å². The zero-order valence-electron chi connectivity index (χ0n) is 14.1. The summed E-state index contributed by atoms with van der Waals surface area (Å²) in [6.45, 7) is 7.46. The molecule has 1 aliphatic heterocycles. The van der Waals surface area contributed by atoms with Gasteiger partial charge in [-0.05, 0) is 24.1 Å². The van der Waals surface area contributed by atoms with Crippen LogP contribution in [-0.2, 0) is 17.6 Å². The number of unbranched alkanes of at least 4 members (excludes halogenated alkanes) is 1. The van der Waals surface area contributed by atoms with E-state index in [1.165, 1.54) is 0 Å². The SMILES string of the molecule is C.CC.CCCCOc1cc(Cl)cc2[nH]c3c(c12)CC(=O)NCC3. The fourth-order valence-electron chi connectivity index (χ4n) is 2.78. The Balaban J connectivity index is 0.000000925. The minimum Gasteiger partial charge on any atom is -0.493 e. The molecule has 4 nitrogen and oxygen atoms in total. The van der Waals surface area contributed by atoms with E-state index in [4.69, 9.17) is 16.3 Å². The Labute approximate surface area is 149 Å². The van der Waals surface area contributed by atoms with Crippen molar-refractivity contribution in [3.8, 4) is 5.75 Å². The molecule has 134 valence electrons. The Bertz CT molecular complexity index is 680. The lowest BCUT2D eigenvalue weighted by atomic mass is 10.1. The van der Waals surface area contributed by atoms with Crippen LogP contribution in [0.2, 0.25) is 5.02 Å². The fourth-order valence-corrected chi connectivity index (χ4v) is 2.99. The lowest BCUT2D eigenvalue weighted by Gasteiger charge is -2.09. The number of aromatic nitrogens is 1. The number of halogens is 1. The normalized spacial score (nSPS) is 13.1. The van der Waals surface area contributed by atoms with Crippen LogP contribution in [0.1, 0.15) is 52.3 Å². The average molecular weight is 353 g/mol.